The van der Waals surface area contributed by atoms with Gasteiger partial charge in [-0.1, -0.05) is 6.92 Å². The van der Waals surface area contributed by atoms with Gasteiger partial charge in [0.15, 0.2) is 0 Å². The first-order chi connectivity index (χ1) is 5.77. The molecule has 2 rings (SSSR count). The molecule has 0 saturated heterocycles. The number of anilines is 1. The molecule has 1 aromatic rings. The number of hydrogen-bond acceptors (Lipinski definition) is 5. The zero-order valence-corrected chi connectivity index (χ0v) is 7.58. The van der Waals surface area contributed by atoms with E-state index in [4.69, 9.17) is 5.73 Å². The minimum absolute atomic E-state index is 0.342. The van der Waals surface area contributed by atoms with E-state index in [1.54, 1.807) is 17.5 Å². The van der Waals surface area contributed by atoms with E-state index in [0.29, 0.717) is 11.8 Å². The SMILES string of the molecule is CC1CN(c2nccs2)N=C1N. The molecule has 1 aromatic heterocycles. The first-order valence-electron chi connectivity index (χ1n) is 3.78. The summed E-state index contributed by atoms with van der Waals surface area (Å²) < 4.78 is 0. The average molecular weight is 182 g/mol. The summed E-state index contributed by atoms with van der Waals surface area (Å²) in [5.41, 5.74) is 5.66. The van der Waals surface area contributed by atoms with E-state index in [1.807, 2.05) is 10.4 Å². The minimum atomic E-state index is 0.342. The molecule has 0 saturated carbocycles. The zero-order valence-electron chi connectivity index (χ0n) is 6.77. The molecule has 0 bridgehead atoms. The van der Waals surface area contributed by atoms with Gasteiger partial charge in [0.25, 0.3) is 0 Å². The summed E-state index contributed by atoms with van der Waals surface area (Å²) in [6.45, 7) is 2.91. The summed E-state index contributed by atoms with van der Waals surface area (Å²) in [6, 6.07) is 0. The molecule has 0 aromatic carbocycles. The highest BCUT2D eigenvalue weighted by atomic mass is 32.1. The summed E-state index contributed by atoms with van der Waals surface area (Å²) >= 11 is 1.58. The van der Waals surface area contributed by atoms with Crippen molar-refractivity contribution in [2.24, 2.45) is 16.8 Å². The molecule has 1 aliphatic rings. The number of nitrogens with zero attached hydrogens (tertiary/aromatic N) is 3. The van der Waals surface area contributed by atoms with Crippen LogP contribution in [0.5, 0.6) is 0 Å². The molecule has 2 heterocycles. The molecule has 12 heavy (non-hydrogen) atoms. The Hall–Kier alpha value is -1.10. The van der Waals surface area contributed by atoms with Crippen molar-refractivity contribution in [3.8, 4) is 0 Å². The molecule has 0 fully saturated rings. The average Bonchev–Trinajstić information content (AvgIpc) is 2.61. The largest absolute Gasteiger partial charge is 0.385 e. The third kappa shape index (κ3) is 1.16. The van der Waals surface area contributed by atoms with Gasteiger partial charge >= 0.3 is 0 Å². The molecule has 1 aliphatic heterocycles. The molecule has 0 radical (unpaired) electrons. The number of aromatic nitrogens is 1. The van der Waals surface area contributed by atoms with Gasteiger partial charge < -0.3 is 5.73 Å². The molecule has 4 nitrogen and oxygen atoms in total. The van der Waals surface area contributed by atoms with Gasteiger partial charge in [-0.15, -0.1) is 11.3 Å². The summed E-state index contributed by atoms with van der Waals surface area (Å²) in [7, 11) is 0. The summed E-state index contributed by atoms with van der Waals surface area (Å²) in [6.07, 6.45) is 1.77. The zero-order chi connectivity index (χ0) is 8.55. The van der Waals surface area contributed by atoms with Crippen molar-refractivity contribution in [1.29, 1.82) is 0 Å². The molecule has 64 valence electrons. The second-order valence-electron chi connectivity index (χ2n) is 2.82. The van der Waals surface area contributed by atoms with E-state index in [1.165, 1.54) is 0 Å². The van der Waals surface area contributed by atoms with Gasteiger partial charge in [0.05, 0.1) is 6.54 Å². The van der Waals surface area contributed by atoms with Crippen LogP contribution in [0.2, 0.25) is 0 Å². The Labute approximate surface area is 74.7 Å². The molecular formula is C7H10N4S. The fourth-order valence-corrected chi connectivity index (χ4v) is 1.70. The van der Waals surface area contributed by atoms with Crippen molar-refractivity contribution in [1.82, 2.24) is 4.98 Å². The van der Waals surface area contributed by atoms with E-state index in [2.05, 4.69) is 17.0 Å². The normalized spacial score (nSPS) is 22.9. The van der Waals surface area contributed by atoms with Gasteiger partial charge in [0.1, 0.15) is 5.84 Å². The Morgan fingerprint density at radius 1 is 1.75 bits per heavy atom. The quantitative estimate of drug-likeness (QED) is 0.701. The predicted molar refractivity (Wildman–Crippen MR) is 50.2 cm³/mol. The maximum Gasteiger partial charge on any atom is 0.205 e. The van der Waals surface area contributed by atoms with Crippen LogP contribution in [0.15, 0.2) is 16.7 Å². The fourth-order valence-electron chi connectivity index (χ4n) is 1.10. The number of thiazole rings is 1. The number of amidine groups is 1. The smallest absolute Gasteiger partial charge is 0.205 e. The van der Waals surface area contributed by atoms with E-state index >= 15 is 0 Å². The standard InChI is InChI=1S/C7H10N4S/c1-5-4-11(10-6(5)8)7-9-2-3-12-7/h2-3,5H,4H2,1H3,(H2,8,10). The van der Waals surface area contributed by atoms with Crippen molar-refractivity contribution in [2.75, 3.05) is 11.6 Å². The van der Waals surface area contributed by atoms with Crippen LogP contribution in [0.3, 0.4) is 0 Å². The highest BCUT2D eigenvalue weighted by Gasteiger charge is 2.22. The first kappa shape index (κ1) is 7.54. The van der Waals surface area contributed by atoms with Crippen LogP contribution in [-0.2, 0) is 0 Å². The lowest BCUT2D eigenvalue weighted by Gasteiger charge is -2.08. The lowest BCUT2D eigenvalue weighted by molar-refractivity contribution is 0.770. The number of rotatable bonds is 1. The molecule has 2 N–H and O–H groups in total. The van der Waals surface area contributed by atoms with Crippen molar-refractivity contribution >= 4 is 22.3 Å². The van der Waals surface area contributed by atoms with Crippen LogP contribution in [0, 0.1) is 5.92 Å². The Morgan fingerprint density at radius 3 is 3.08 bits per heavy atom. The predicted octanol–water partition coefficient (Wildman–Crippen LogP) is 0.871. The van der Waals surface area contributed by atoms with Crippen LogP contribution in [0.1, 0.15) is 6.92 Å². The maximum absolute atomic E-state index is 5.66. The van der Waals surface area contributed by atoms with Crippen LogP contribution in [0.4, 0.5) is 5.13 Å². The van der Waals surface area contributed by atoms with Crippen molar-refractivity contribution in [3.05, 3.63) is 11.6 Å². The Kier molecular flexibility index (Phi) is 1.73. The maximum atomic E-state index is 5.66. The highest BCUT2D eigenvalue weighted by molar-refractivity contribution is 7.13. The number of hydrazone groups is 1. The van der Waals surface area contributed by atoms with Gasteiger partial charge in [0, 0.05) is 17.5 Å². The van der Waals surface area contributed by atoms with Crippen molar-refractivity contribution < 1.29 is 0 Å². The van der Waals surface area contributed by atoms with E-state index in [-0.39, 0.29) is 0 Å². The van der Waals surface area contributed by atoms with E-state index < -0.39 is 0 Å². The van der Waals surface area contributed by atoms with E-state index in [9.17, 15) is 0 Å². The molecule has 0 spiro atoms. The summed E-state index contributed by atoms with van der Waals surface area (Å²) in [4.78, 5) is 4.15. The molecule has 5 heteroatoms. The number of hydrogen-bond donors (Lipinski definition) is 1. The highest BCUT2D eigenvalue weighted by Crippen LogP contribution is 2.22. The number of nitrogens with two attached hydrogens (primary N) is 1. The first-order valence-corrected chi connectivity index (χ1v) is 4.66. The Balaban J connectivity index is 2.20. The van der Waals surface area contributed by atoms with Crippen LogP contribution in [0.25, 0.3) is 0 Å². The van der Waals surface area contributed by atoms with Crippen molar-refractivity contribution in [2.45, 2.75) is 6.92 Å². The molecule has 0 aliphatic carbocycles. The molecule has 0 amide bonds. The van der Waals surface area contributed by atoms with Gasteiger partial charge in [-0.25, -0.2) is 9.99 Å². The van der Waals surface area contributed by atoms with E-state index in [0.717, 1.165) is 11.7 Å². The summed E-state index contributed by atoms with van der Waals surface area (Å²) in [5.74, 6) is 1.04. The van der Waals surface area contributed by atoms with Gasteiger partial charge in [-0.3, -0.25) is 0 Å². The second kappa shape index (κ2) is 2.75. The van der Waals surface area contributed by atoms with Crippen LogP contribution < -0.4 is 10.7 Å². The van der Waals surface area contributed by atoms with Gasteiger partial charge in [-0.05, 0) is 0 Å². The summed E-state index contributed by atoms with van der Waals surface area (Å²) in [5, 5.41) is 8.89. The fraction of sp³-hybridized carbons (Fsp3) is 0.429. The molecule has 1 unspecified atom stereocenters. The Morgan fingerprint density at radius 2 is 2.58 bits per heavy atom. The van der Waals surface area contributed by atoms with Crippen LogP contribution >= 0.6 is 11.3 Å². The second-order valence-corrected chi connectivity index (χ2v) is 3.70. The monoisotopic (exact) mass is 182 g/mol. The molecular weight excluding hydrogens is 172 g/mol. The van der Waals surface area contributed by atoms with Gasteiger partial charge in [-0.2, -0.15) is 5.10 Å². The minimum Gasteiger partial charge on any atom is -0.385 e. The third-order valence-corrected chi connectivity index (χ3v) is 2.61. The topological polar surface area (TPSA) is 54.5 Å². The third-order valence-electron chi connectivity index (χ3n) is 1.83. The van der Waals surface area contributed by atoms with Crippen LogP contribution in [-0.4, -0.2) is 17.4 Å². The Bertz CT molecular complexity index is 292. The molecule has 1 atom stereocenters. The van der Waals surface area contributed by atoms with Gasteiger partial charge in [0.2, 0.25) is 5.13 Å². The lowest BCUT2D eigenvalue weighted by atomic mass is 10.2. The van der Waals surface area contributed by atoms with Crippen molar-refractivity contribution in [3.63, 3.8) is 0 Å². The lowest BCUT2D eigenvalue weighted by Crippen LogP contribution is -2.20.